The van der Waals surface area contributed by atoms with Crippen molar-refractivity contribution in [2.24, 2.45) is 5.92 Å². The normalized spacial score (nSPS) is 11.7. The third-order valence-corrected chi connectivity index (χ3v) is 2.40. The van der Waals surface area contributed by atoms with E-state index in [0.717, 1.165) is 24.8 Å². The van der Waals surface area contributed by atoms with Gasteiger partial charge in [0.15, 0.2) is 0 Å². The second-order valence-corrected chi connectivity index (χ2v) is 6.12. The van der Waals surface area contributed by atoms with E-state index in [1.54, 1.807) is 0 Å². The molecule has 1 rings (SSSR count). The standard InChI is InChI=1S/C15H26N2O/c1-12(2)8-7-11-18-14-10-6-9-13(16-14)17-15(3,4)5/h6,9-10,12H,7-8,11H2,1-5H3,(H,16,17). The van der Waals surface area contributed by atoms with Gasteiger partial charge in [0.2, 0.25) is 5.88 Å². The number of ether oxygens (including phenoxy) is 1. The molecule has 102 valence electrons. The van der Waals surface area contributed by atoms with Gasteiger partial charge in [-0.2, -0.15) is 4.98 Å². The first-order chi connectivity index (χ1) is 8.37. The lowest BCUT2D eigenvalue weighted by Crippen LogP contribution is -2.26. The zero-order valence-electron chi connectivity index (χ0n) is 12.3. The van der Waals surface area contributed by atoms with Gasteiger partial charge in [-0.15, -0.1) is 0 Å². The molecule has 0 saturated heterocycles. The molecule has 1 heterocycles. The van der Waals surface area contributed by atoms with Crippen molar-refractivity contribution < 1.29 is 4.74 Å². The zero-order valence-corrected chi connectivity index (χ0v) is 12.3. The van der Waals surface area contributed by atoms with Crippen LogP contribution in [0.4, 0.5) is 5.82 Å². The Hall–Kier alpha value is -1.25. The van der Waals surface area contributed by atoms with Gasteiger partial charge in [-0.05, 0) is 45.6 Å². The summed E-state index contributed by atoms with van der Waals surface area (Å²) in [7, 11) is 0. The molecule has 0 atom stereocenters. The molecule has 0 aliphatic carbocycles. The van der Waals surface area contributed by atoms with Crippen LogP contribution in [0.25, 0.3) is 0 Å². The van der Waals surface area contributed by atoms with Crippen molar-refractivity contribution >= 4 is 5.82 Å². The van der Waals surface area contributed by atoms with Crippen LogP contribution in [0.15, 0.2) is 18.2 Å². The Morgan fingerprint density at radius 3 is 2.61 bits per heavy atom. The number of anilines is 1. The molecule has 3 nitrogen and oxygen atoms in total. The van der Waals surface area contributed by atoms with Crippen LogP contribution in [0.2, 0.25) is 0 Å². The van der Waals surface area contributed by atoms with E-state index in [1.165, 1.54) is 6.42 Å². The lowest BCUT2D eigenvalue weighted by Gasteiger charge is -2.21. The Labute approximate surface area is 111 Å². The average molecular weight is 250 g/mol. The number of rotatable bonds is 6. The molecule has 0 amide bonds. The Morgan fingerprint density at radius 2 is 2.00 bits per heavy atom. The first kappa shape index (κ1) is 14.8. The zero-order chi connectivity index (χ0) is 13.6. The summed E-state index contributed by atoms with van der Waals surface area (Å²) in [6.07, 6.45) is 2.27. The van der Waals surface area contributed by atoms with E-state index >= 15 is 0 Å². The molecule has 0 aliphatic rings. The van der Waals surface area contributed by atoms with Crippen molar-refractivity contribution in [3.8, 4) is 5.88 Å². The maximum atomic E-state index is 5.66. The molecule has 18 heavy (non-hydrogen) atoms. The summed E-state index contributed by atoms with van der Waals surface area (Å²) >= 11 is 0. The van der Waals surface area contributed by atoms with Crippen LogP contribution in [0, 0.1) is 5.92 Å². The van der Waals surface area contributed by atoms with E-state index < -0.39 is 0 Å². The van der Waals surface area contributed by atoms with Gasteiger partial charge in [0, 0.05) is 11.6 Å². The molecule has 0 saturated carbocycles. The number of pyridine rings is 1. The number of aromatic nitrogens is 1. The van der Waals surface area contributed by atoms with E-state index in [9.17, 15) is 0 Å². The summed E-state index contributed by atoms with van der Waals surface area (Å²) in [6, 6.07) is 5.84. The van der Waals surface area contributed by atoms with Crippen LogP contribution in [0.5, 0.6) is 5.88 Å². The van der Waals surface area contributed by atoms with Crippen molar-refractivity contribution in [2.45, 2.75) is 53.0 Å². The van der Waals surface area contributed by atoms with Gasteiger partial charge in [0.05, 0.1) is 6.61 Å². The van der Waals surface area contributed by atoms with Gasteiger partial charge in [-0.3, -0.25) is 0 Å². The summed E-state index contributed by atoms with van der Waals surface area (Å²) in [5.74, 6) is 2.30. The van der Waals surface area contributed by atoms with Crippen LogP contribution >= 0.6 is 0 Å². The van der Waals surface area contributed by atoms with Gasteiger partial charge in [0.1, 0.15) is 5.82 Å². The van der Waals surface area contributed by atoms with E-state index in [1.807, 2.05) is 18.2 Å². The Kier molecular flexibility index (Phi) is 5.45. The fourth-order valence-electron chi connectivity index (χ4n) is 1.62. The molecule has 0 unspecified atom stereocenters. The highest BCUT2D eigenvalue weighted by Crippen LogP contribution is 2.16. The minimum Gasteiger partial charge on any atom is -0.478 e. The SMILES string of the molecule is CC(C)CCCOc1cccc(NC(C)(C)C)n1. The summed E-state index contributed by atoms with van der Waals surface area (Å²) in [5, 5.41) is 3.34. The third-order valence-electron chi connectivity index (χ3n) is 2.40. The highest BCUT2D eigenvalue weighted by atomic mass is 16.5. The monoisotopic (exact) mass is 250 g/mol. The summed E-state index contributed by atoms with van der Waals surface area (Å²) < 4.78 is 5.66. The van der Waals surface area contributed by atoms with Crippen LogP contribution in [-0.4, -0.2) is 17.1 Å². The molecule has 3 heteroatoms. The quantitative estimate of drug-likeness (QED) is 0.772. The van der Waals surface area contributed by atoms with Gasteiger partial charge < -0.3 is 10.1 Å². The molecular weight excluding hydrogens is 224 g/mol. The van der Waals surface area contributed by atoms with Crippen molar-refractivity contribution in [3.05, 3.63) is 18.2 Å². The van der Waals surface area contributed by atoms with Gasteiger partial charge in [-0.1, -0.05) is 19.9 Å². The van der Waals surface area contributed by atoms with Crippen molar-refractivity contribution in [2.75, 3.05) is 11.9 Å². The van der Waals surface area contributed by atoms with Crippen molar-refractivity contribution in [3.63, 3.8) is 0 Å². The summed E-state index contributed by atoms with van der Waals surface area (Å²) in [4.78, 5) is 4.44. The smallest absolute Gasteiger partial charge is 0.215 e. The lowest BCUT2D eigenvalue weighted by atomic mass is 10.1. The fourth-order valence-corrected chi connectivity index (χ4v) is 1.62. The predicted octanol–water partition coefficient (Wildman–Crippen LogP) is 4.11. The topological polar surface area (TPSA) is 34.1 Å². The highest BCUT2D eigenvalue weighted by Gasteiger charge is 2.10. The molecule has 0 aliphatic heterocycles. The Morgan fingerprint density at radius 1 is 1.28 bits per heavy atom. The molecule has 0 radical (unpaired) electrons. The predicted molar refractivity (Wildman–Crippen MR) is 77.2 cm³/mol. The number of hydrogen-bond donors (Lipinski definition) is 1. The first-order valence-corrected chi connectivity index (χ1v) is 6.75. The van der Waals surface area contributed by atoms with E-state index in [4.69, 9.17) is 4.74 Å². The molecule has 1 aromatic rings. The van der Waals surface area contributed by atoms with E-state index in [-0.39, 0.29) is 5.54 Å². The maximum absolute atomic E-state index is 5.66. The van der Waals surface area contributed by atoms with Crippen LogP contribution in [0.3, 0.4) is 0 Å². The molecular formula is C15H26N2O. The fraction of sp³-hybridized carbons (Fsp3) is 0.667. The number of nitrogens with one attached hydrogen (secondary N) is 1. The van der Waals surface area contributed by atoms with Crippen LogP contribution in [-0.2, 0) is 0 Å². The molecule has 0 spiro atoms. The molecule has 0 bridgehead atoms. The summed E-state index contributed by atoms with van der Waals surface area (Å²) in [6.45, 7) is 11.5. The number of nitrogens with zero attached hydrogens (tertiary/aromatic N) is 1. The van der Waals surface area contributed by atoms with E-state index in [0.29, 0.717) is 5.88 Å². The van der Waals surface area contributed by atoms with Gasteiger partial charge in [-0.25, -0.2) is 0 Å². The van der Waals surface area contributed by atoms with Crippen molar-refractivity contribution in [1.29, 1.82) is 0 Å². The highest BCUT2D eigenvalue weighted by molar-refractivity contribution is 5.39. The second kappa shape index (κ2) is 6.62. The molecule has 0 fully saturated rings. The summed E-state index contributed by atoms with van der Waals surface area (Å²) in [5.41, 5.74) is 0.0171. The molecule has 0 aromatic carbocycles. The van der Waals surface area contributed by atoms with Gasteiger partial charge >= 0.3 is 0 Å². The van der Waals surface area contributed by atoms with Crippen LogP contribution < -0.4 is 10.1 Å². The van der Waals surface area contributed by atoms with Gasteiger partial charge in [0.25, 0.3) is 0 Å². The number of hydrogen-bond acceptors (Lipinski definition) is 3. The van der Waals surface area contributed by atoms with E-state index in [2.05, 4.69) is 44.9 Å². The largest absolute Gasteiger partial charge is 0.478 e. The lowest BCUT2D eigenvalue weighted by molar-refractivity contribution is 0.287. The third kappa shape index (κ3) is 6.48. The maximum Gasteiger partial charge on any atom is 0.215 e. The minimum atomic E-state index is 0.0171. The Balaban J connectivity index is 2.44. The van der Waals surface area contributed by atoms with Crippen molar-refractivity contribution in [1.82, 2.24) is 4.98 Å². The molecule has 1 N–H and O–H groups in total. The second-order valence-electron chi connectivity index (χ2n) is 6.12. The molecule has 1 aromatic heterocycles. The first-order valence-electron chi connectivity index (χ1n) is 6.75. The average Bonchev–Trinajstić information content (AvgIpc) is 2.22. The van der Waals surface area contributed by atoms with Crippen LogP contribution in [0.1, 0.15) is 47.5 Å². The Bertz CT molecular complexity index is 356. The minimum absolute atomic E-state index is 0.0171.